The zero-order valence-electron chi connectivity index (χ0n) is 10.5. The number of aromatic nitrogens is 1. The van der Waals surface area contributed by atoms with Gasteiger partial charge in [-0.2, -0.15) is 0 Å². The normalized spacial score (nSPS) is 10.6. The van der Waals surface area contributed by atoms with E-state index >= 15 is 0 Å². The molecule has 2 rings (SSSR count). The number of rotatable bonds is 5. The summed E-state index contributed by atoms with van der Waals surface area (Å²) in [5, 5.41) is 7.04. The maximum atomic E-state index is 10.6. The van der Waals surface area contributed by atoms with Crippen molar-refractivity contribution in [3.05, 3.63) is 36.0 Å². The van der Waals surface area contributed by atoms with Gasteiger partial charge in [-0.3, -0.25) is 4.79 Å². The summed E-state index contributed by atoms with van der Waals surface area (Å²) in [5.74, 6) is 1.15. The van der Waals surface area contributed by atoms with Crippen LogP contribution in [0.2, 0.25) is 0 Å². The first-order valence-corrected chi connectivity index (χ1v) is 5.96. The van der Waals surface area contributed by atoms with E-state index in [-0.39, 0.29) is 0 Å². The summed E-state index contributed by atoms with van der Waals surface area (Å²) < 4.78 is 5.17. The minimum Gasteiger partial charge on any atom is -0.384 e. The van der Waals surface area contributed by atoms with Crippen molar-refractivity contribution >= 4 is 12.0 Å². The molecule has 1 heterocycles. The highest BCUT2D eigenvalue weighted by molar-refractivity contribution is 5.79. The molecule has 0 radical (unpaired) electrons. The van der Waals surface area contributed by atoms with Gasteiger partial charge in [0.15, 0.2) is 12.0 Å². The van der Waals surface area contributed by atoms with Crippen LogP contribution in [0.15, 0.2) is 34.9 Å². The average molecular weight is 244 g/mol. The molecule has 0 saturated heterocycles. The molecule has 0 aliphatic rings. The standard InChI is InChI=1S/C14H16N2O2/c1-10(2)8-15-13-6-4-3-5-12(13)14-7-11(9-17)16-18-14/h3-7,9-10,15H,8H2,1-2H3. The fraction of sp³-hybridized carbons (Fsp3) is 0.286. The average Bonchev–Trinajstić information content (AvgIpc) is 2.85. The summed E-state index contributed by atoms with van der Waals surface area (Å²) in [4.78, 5) is 10.6. The lowest BCUT2D eigenvalue weighted by Crippen LogP contribution is -2.08. The molecule has 94 valence electrons. The molecule has 0 unspecified atom stereocenters. The van der Waals surface area contributed by atoms with Crippen molar-refractivity contribution in [2.45, 2.75) is 13.8 Å². The topological polar surface area (TPSA) is 55.1 Å². The third kappa shape index (κ3) is 2.77. The number of nitrogens with zero attached hydrogens (tertiary/aromatic N) is 1. The van der Waals surface area contributed by atoms with Crippen LogP contribution in [0.25, 0.3) is 11.3 Å². The van der Waals surface area contributed by atoms with Gasteiger partial charge in [-0.25, -0.2) is 0 Å². The van der Waals surface area contributed by atoms with Crippen molar-refractivity contribution in [3.8, 4) is 11.3 Å². The quantitative estimate of drug-likeness (QED) is 0.820. The maximum Gasteiger partial charge on any atom is 0.171 e. The van der Waals surface area contributed by atoms with E-state index in [2.05, 4.69) is 24.3 Å². The number of carbonyl (C=O) groups is 1. The zero-order valence-corrected chi connectivity index (χ0v) is 10.5. The van der Waals surface area contributed by atoms with Crippen LogP contribution in [0.5, 0.6) is 0 Å². The van der Waals surface area contributed by atoms with Crippen LogP contribution in [0.3, 0.4) is 0 Å². The largest absolute Gasteiger partial charge is 0.384 e. The van der Waals surface area contributed by atoms with E-state index in [1.54, 1.807) is 6.07 Å². The first-order valence-electron chi connectivity index (χ1n) is 5.96. The van der Waals surface area contributed by atoms with Crippen molar-refractivity contribution in [2.24, 2.45) is 5.92 Å². The Morgan fingerprint density at radius 2 is 2.17 bits per heavy atom. The molecular formula is C14H16N2O2. The van der Waals surface area contributed by atoms with Gasteiger partial charge < -0.3 is 9.84 Å². The number of para-hydroxylation sites is 1. The minimum atomic E-state index is 0.309. The van der Waals surface area contributed by atoms with Gasteiger partial charge in [-0.15, -0.1) is 0 Å². The first-order chi connectivity index (χ1) is 8.70. The molecule has 1 aromatic carbocycles. The monoisotopic (exact) mass is 244 g/mol. The fourth-order valence-corrected chi connectivity index (χ4v) is 1.64. The van der Waals surface area contributed by atoms with Crippen molar-refractivity contribution in [1.82, 2.24) is 5.16 Å². The van der Waals surface area contributed by atoms with E-state index < -0.39 is 0 Å². The molecule has 18 heavy (non-hydrogen) atoms. The zero-order chi connectivity index (χ0) is 13.0. The van der Waals surface area contributed by atoms with Crippen LogP contribution in [0.4, 0.5) is 5.69 Å². The fourth-order valence-electron chi connectivity index (χ4n) is 1.64. The van der Waals surface area contributed by atoms with Gasteiger partial charge in [0.2, 0.25) is 0 Å². The minimum absolute atomic E-state index is 0.309. The Hall–Kier alpha value is -2.10. The highest BCUT2D eigenvalue weighted by Crippen LogP contribution is 2.28. The van der Waals surface area contributed by atoms with Crippen LogP contribution in [-0.2, 0) is 0 Å². The van der Waals surface area contributed by atoms with Crippen LogP contribution >= 0.6 is 0 Å². The maximum absolute atomic E-state index is 10.6. The lowest BCUT2D eigenvalue weighted by molar-refractivity contribution is 0.111. The smallest absolute Gasteiger partial charge is 0.171 e. The van der Waals surface area contributed by atoms with Gasteiger partial charge in [-0.1, -0.05) is 31.1 Å². The van der Waals surface area contributed by atoms with Crippen molar-refractivity contribution < 1.29 is 9.32 Å². The third-order valence-electron chi connectivity index (χ3n) is 2.54. The molecule has 0 aliphatic carbocycles. The van der Waals surface area contributed by atoms with E-state index in [1.807, 2.05) is 24.3 Å². The van der Waals surface area contributed by atoms with E-state index in [0.717, 1.165) is 17.8 Å². The molecule has 0 fully saturated rings. The Morgan fingerprint density at radius 1 is 1.39 bits per heavy atom. The van der Waals surface area contributed by atoms with Gasteiger partial charge >= 0.3 is 0 Å². The van der Waals surface area contributed by atoms with Gasteiger partial charge in [0, 0.05) is 23.9 Å². The van der Waals surface area contributed by atoms with E-state index in [0.29, 0.717) is 23.7 Å². The summed E-state index contributed by atoms with van der Waals surface area (Å²) in [7, 11) is 0. The first kappa shape index (κ1) is 12.4. The summed E-state index contributed by atoms with van der Waals surface area (Å²) in [5.41, 5.74) is 2.21. The Balaban J connectivity index is 2.29. The molecule has 1 N–H and O–H groups in total. The summed E-state index contributed by atoms with van der Waals surface area (Å²) in [6.45, 7) is 5.18. The van der Waals surface area contributed by atoms with Crippen molar-refractivity contribution in [2.75, 3.05) is 11.9 Å². The number of aldehydes is 1. The van der Waals surface area contributed by atoms with E-state index in [1.165, 1.54) is 0 Å². The molecule has 0 bridgehead atoms. The molecule has 4 nitrogen and oxygen atoms in total. The highest BCUT2D eigenvalue weighted by atomic mass is 16.5. The van der Waals surface area contributed by atoms with Crippen LogP contribution < -0.4 is 5.32 Å². The van der Waals surface area contributed by atoms with Crippen molar-refractivity contribution in [1.29, 1.82) is 0 Å². The van der Waals surface area contributed by atoms with Gasteiger partial charge in [0.05, 0.1) is 0 Å². The highest BCUT2D eigenvalue weighted by Gasteiger charge is 2.10. The second-order valence-corrected chi connectivity index (χ2v) is 4.55. The van der Waals surface area contributed by atoms with Gasteiger partial charge in [0.25, 0.3) is 0 Å². The molecule has 4 heteroatoms. The number of carbonyl (C=O) groups excluding carboxylic acids is 1. The van der Waals surface area contributed by atoms with E-state index in [4.69, 9.17) is 4.52 Å². The molecule has 0 aliphatic heterocycles. The predicted molar refractivity (Wildman–Crippen MR) is 70.7 cm³/mol. The molecule has 0 amide bonds. The number of benzene rings is 1. The van der Waals surface area contributed by atoms with Crippen LogP contribution in [-0.4, -0.2) is 18.0 Å². The predicted octanol–water partition coefficient (Wildman–Crippen LogP) is 3.22. The molecule has 2 aromatic rings. The van der Waals surface area contributed by atoms with Crippen LogP contribution in [0.1, 0.15) is 24.3 Å². The Kier molecular flexibility index (Phi) is 3.77. The molecule has 1 aromatic heterocycles. The number of anilines is 1. The number of hydrogen-bond donors (Lipinski definition) is 1. The number of nitrogens with one attached hydrogen (secondary N) is 1. The third-order valence-corrected chi connectivity index (χ3v) is 2.54. The lowest BCUT2D eigenvalue weighted by atomic mass is 10.1. The second kappa shape index (κ2) is 5.49. The summed E-state index contributed by atoms with van der Waals surface area (Å²) in [6.07, 6.45) is 0.678. The SMILES string of the molecule is CC(C)CNc1ccccc1-c1cc(C=O)no1. The molecule has 0 saturated carbocycles. The Bertz CT molecular complexity index is 532. The number of hydrogen-bond acceptors (Lipinski definition) is 4. The summed E-state index contributed by atoms with van der Waals surface area (Å²) >= 11 is 0. The Labute approximate surface area is 106 Å². The van der Waals surface area contributed by atoms with Crippen LogP contribution in [0, 0.1) is 5.92 Å². The van der Waals surface area contributed by atoms with E-state index in [9.17, 15) is 4.79 Å². The lowest BCUT2D eigenvalue weighted by Gasteiger charge is -2.11. The van der Waals surface area contributed by atoms with Crippen molar-refractivity contribution in [3.63, 3.8) is 0 Å². The van der Waals surface area contributed by atoms with Gasteiger partial charge in [0.1, 0.15) is 5.69 Å². The Morgan fingerprint density at radius 3 is 2.83 bits per heavy atom. The molecular weight excluding hydrogens is 228 g/mol. The van der Waals surface area contributed by atoms with Gasteiger partial charge in [-0.05, 0) is 18.1 Å². The second-order valence-electron chi connectivity index (χ2n) is 4.55. The molecule has 0 atom stereocenters. The summed E-state index contributed by atoms with van der Waals surface area (Å²) in [6, 6.07) is 9.46. The molecule has 0 spiro atoms.